The van der Waals surface area contributed by atoms with Gasteiger partial charge >= 0.3 is 0 Å². The predicted molar refractivity (Wildman–Crippen MR) is 22.4 cm³/mol. The summed E-state index contributed by atoms with van der Waals surface area (Å²) in [6.45, 7) is 0. The molecule has 6 heteroatoms. The monoisotopic (exact) mass is 95.0 g/mol. The molecule has 0 bridgehead atoms. The zero-order chi connectivity index (χ0) is 5.33. The van der Waals surface area contributed by atoms with Crippen LogP contribution in [0.3, 0.4) is 0 Å². The summed E-state index contributed by atoms with van der Waals surface area (Å²) in [7, 11) is 5.03. The molecule has 0 spiro atoms. The lowest BCUT2D eigenvalue weighted by atomic mass is 10.0. The number of nitrogens with two attached hydrogens (primary N) is 1. The van der Waals surface area contributed by atoms with E-state index < -0.39 is 5.69 Å². The van der Waals surface area contributed by atoms with E-state index in [1.54, 1.807) is 0 Å². The van der Waals surface area contributed by atoms with Gasteiger partial charge in [0.2, 0.25) is 0 Å². The minimum Gasteiger partial charge on any atom is -0.294 e. The molecule has 0 saturated carbocycles. The van der Waals surface area contributed by atoms with Crippen LogP contribution in [0, 0.1) is 0 Å². The summed E-state index contributed by atoms with van der Waals surface area (Å²) in [6, 6.07) is 0. The van der Waals surface area contributed by atoms with Crippen LogP contribution in [-0.4, -0.2) is 13.5 Å². The van der Waals surface area contributed by atoms with Crippen molar-refractivity contribution in [1.29, 1.82) is 0 Å². The van der Waals surface area contributed by atoms with E-state index in [2.05, 4.69) is 20.7 Å². The van der Waals surface area contributed by atoms with Crippen LogP contribution in [0.15, 0.2) is 20.7 Å². The molecular weight excluding hydrogens is 92.9 g/mol. The van der Waals surface area contributed by atoms with Crippen molar-refractivity contribution >= 4 is 7.85 Å². The normalized spacial score (nSPS) is 23.6. The van der Waals surface area contributed by atoms with E-state index >= 15 is 0 Å². The Morgan fingerprint density at radius 1 is 1.29 bits per heavy atom. The average Bonchev–Trinajstić information content (AvgIpc) is 1.84. The smallest absolute Gasteiger partial charge is 0.195 e. The van der Waals surface area contributed by atoms with Crippen molar-refractivity contribution in [2.24, 2.45) is 26.4 Å². The second-order valence-electron chi connectivity index (χ2n) is 1.16. The van der Waals surface area contributed by atoms with Crippen molar-refractivity contribution in [2.45, 2.75) is 5.69 Å². The molecule has 0 aromatic rings. The topological polar surface area (TPSA) is 75.5 Å². The Morgan fingerprint density at radius 3 is 1.86 bits per heavy atom. The molecule has 0 atom stereocenters. The van der Waals surface area contributed by atoms with Gasteiger partial charge in [-0.05, 0) is 10.4 Å². The van der Waals surface area contributed by atoms with Crippen molar-refractivity contribution in [3.63, 3.8) is 0 Å². The summed E-state index contributed by atoms with van der Waals surface area (Å²) < 4.78 is 0. The van der Waals surface area contributed by atoms with Crippen molar-refractivity contribution < 1.29 is 0 Å². The van der Waals surface area contributed by atoms with Crippen LogP contribution in [0.2, 0.25) is 0 Å². The van der Waals surface area contributed by atoms with Gasteiger partial charge in [0.25, 0.3) is 0 Å². The van der Waals surface area contributed by atoms with Gasteiger partial charge in [-0.2, -0.15) is 0 Å². The van der Waals surface area contributed by atoms with Gasteiger partial charge in [-0.1, -0.05) is 0 Å². The molecule has 7 heavy (non-hydrogen) atoms. The van der Waals surface area contributed by atoms with Gasteiger partial charge in [0.05, 0.1) is 0 Å². The van der Waals surface area contributed by atoms with E-state index in [0.29, 0.717) is 0 Å². The van der Waals surface area contributed by atoms with Crippen LogP contribution in [0.1, 0.15) is 0 Å². The molecule has 2 N–H and O–H groups in total. The highest BCUT2D eigenvalue weighted by molar-refractivity contribution is 6.14. The molecule has 1 aliphatic rings. The first-order chi connectivity index (χ1) is 3.21. The summed E-state index contributed by atoms with van der Waals surface area (Å²) in [5.41, 5.74) is 3.65. The van der Waals surface area contributed by atoms with E-state index in [0.717, 1.165) is 0 Å². The van der Waals surface area contributed by atoms with Crippen molar-refractivity contribution in [3.8, 4) is 0 Å². The highest BCUT2D eigenvalue weighted by Crippen LogP contribution is 2.06. The van der Waals surface area contributed by atoms with Gasteiger partial charge in [0.15, 0.2) is 13.5 Å². The third kappa shape index (κ3) is 0.803. The molecule has 0 unspecified atom stereocenters. The minimum atomic E-state index is -1.39. The van der Waals surface area contributed by atoms with Crippen LogP contribution in [0.5, 0.6) is 0 Å². The quantitative estimate of drug-likeness (QED) is 0.406. The Hall–Kier alpha value is -0.775. The van der Waals surface area contributed by atoms with E-state index in [-0.39, 0.29) is 0 Å². The third-order valence-electron chi connectivity index (χ3n) is 0.450. The highest BCUT2D eigenvalue weighted by Gasteiger charge is 2.17. The fourth-order valence-corrected chi connectivity index (χ4v) is 0.203. The molecule has 2 radical (unpaired) electrons. The molecule has 0 amide bonds. The Bertz CT molecular complexity index is 110. The van der Waals surface area contributed by atoms with Crippen LogP contribution in [0.25, 0.3) is 0 Å². The van der Waals surface area contributed by atoms with Crippen molar-refractivity contribution in [2.75, 3.05) is 0 Å². The fourth-order valence-electron chi connectivity index (χ4n) is 0.203. The van der Waals surface area contributed by atoms with Crippen LogP contribution >= 0.6 is 0 Å². The molecule has 34 valence electrons. The predicted octanol–water partition coefficient (Wildman–Crippen LogP) is -0.442. The second-order valence-corrected chi connectivity index (χ2v) is 1.16. The number of nitrogens with zero attached hydrogens (tertiary/aromatic N) is 4. The van der Waals surface area contributed by atoms with E-state index in [1.165, 1.54) is 0 Å². The first-order valence-electron chi connectivity index (χ1n) is 1.62. The Morgan fingerprint density at radius 2 is 1.71 bits per heavy atom. The summed E-state index contributed by atoms with van der Waals surface area (Å²) in [4.78, 5) is 0. The van der Waals surface area contributed by atoms with Crippen molar-refractivity contribution in [1.82, 2.24) is 0 Å². The summed E-state index contributed by atoms with van der Waals surface area (Å²) in [6.07, 6.45) is 0. The Balaban J connectivity index is 2.77. The second kappa shape index (κ2) is 1.10. The zero-order valence-electron chi connectivity index (χ0n) is 3.44. The molecule has 1 heterocycles. The molecular formula is CH2BN5. The molecule has 0 aliphatic carbocycles. The van der Waals surface area contributed by atoms with Crippen molar-refractivity contribution in [3.05, 3.63) is 0 Å². The van der Waals surface area contributed by atoms with Crippen LogP contribution < -0.4 is 5.73 Å². The molecule has 0 fully saturated rings. The van der Waals surface area contributed by atoms with Gasteiger partial charge in [-0.15, -0.1) is 10.2 Å². The largest absolute Gasteiger partial charge is 0.294 e. The average molecular weight is 94.9 g/mol. The zero-order valence-corrected chi connectivity index (χ0v) is 3.44. The lowest BCUT2D eigenvalue weighted by Crippen LogP contribution is -2.33. The molecule has 0 saturated heterocycles. The van der Waals surface area contributed by atoms with Gasteiger partial charge in [0, 0.05) is 0 Å². The highest BCUT2D eigenvalue weighted by atomic mass is 15.6. The maximum Gasteiger partial charge on any atom is 0.195 e. The minimum absolute atomic E-state index is 1.39. The maximum absolute atomic E-state index is 5.03. The van der Waals surface area contributed by atoms with E-state index in [9.17, 15) is 0 Å². The van der Waals surface area contributed by atoms with E-state index in [1.807, 2.05) is 0 Å². The van der Waals surface area contributed by atoms with Gasteiger partial charge in [-0.3, -0.25) is 5.73 Å². The number of hydrogen-bond donors (Lipinski definition) is 1. The molecule has 0 aromatic heterocycles. The summed E-state index contributed by atoms with van der Waals surface area (Å²) >= 11 is 0. The summed E-state index contributed by atoms with van der Waals surface area (Å²) in [5, 5.41) is 12.6. The first-order valence-corrected chi connectivity index (χ1v) is 1.62. The number of rotatable bonds is 0. The molecule has 5 nitrogen and oxygen atoms in total. The van der Waals surface area contributed by atoms with Gasteiger partial charge in [-0.25, -0.2) is 0 Å². The summed E-state index contributed by atoms with van der Waals surface area (Å²) in [5.74, 6) is 0. The molecule has 1 rings (SSSR count). The molecule has 1 aliphatic heterocycles. The first kappa shape index (κ1) is 4.39. The maximum atomic E-state index is 5.03. The van der Waals surface area contributed by atoms with Gasteiger partial charge in [0.1, 0.15) is 0 Å². The fraction of sp³-hybridized carbons (Fsp3) is 1.00. The Labute approximate surface area is 41.1 Å². The SMILES string of the molecule is [B]C1(N)N=NN=N1. The number of hydrogen-bond acceptors (Lipinski definition) is 5. The lowest BCUT2D eigenvalue weighted by molar-refractivity contribution is 0.657. The standard InChI is InChI=1S/CH2BN5/c2-1(3)4-6-7-5-1/h3H2. The Kier molecular flexibility index (Phi) is 0.687. The third-order valence-corrected chi connectivity index (χ3v) is 0.450. The van der Waals surface area contributed by atoms with Crippen LogP contribution in [-0.2, 0) is 0 Å². The molecule has 0 aromatic carbocycles. The lowest BCUT2D eigenvalue weighted by Gasteiger charge is -2.01. The van der Waals surface area contributed by atoms with Gasteiger partial charge < -0.3 is 0 Å². The van der Waals surface area contributed by atoms with Crippen LogP contribution in [0.4, 0.5) is 0 Å². The van der Waals surface area contributed by atoms with E-state index in [4.69, 9.17) is 13.6 Å².